The first-order valence-electron chi connectivity index (χ1n) is 8.34. The SMILES string of the molecule is CCN(CC)CCCNC(=O)c1sc2nnc(C(C)C)n2c1C. The number of thiazole rings is 1. The average molecular weight is 337 g/mol. The maximum atomic E-state index is 12.4. The zero-order valence-corrected chi connectivity index (χ0v) is 15.5. The molecule has 0 aromatic carbocycles. The number of hydrogen-bond acceptors (Lipinski definition) is 5. The third kappa shape index (κ3) is 3.90. The molecule has 2 aromatic rings. The third-order valence-corrected chi connectivity index (χ3v) is 5.20. The molecule has 0 unspecified atom stereocenters. The minimum Gasteiger partial charge on any atom is -0.351 e. The summed E-state index contributed by atoms with van der Waals surface area (Å²) in [6.45, 7) is 14.3. The van der Waals surface area contributed by atoms with Crippen molar-refractivity contribution in [3.05, 3.63) is 16.4 Å². The van der Waals surface area contributed by atoms with Crippen molar-refractivity contribution in [3.8, 4) is 0 Å². The van der Waals surface area contributed by atoms with Crippen LogP contribution < -0.4 is 5.32 Å². The van der Waals surface area contributed by atoms with Crippen molar-refractivity contribution in [2.75, 3.05) is 26.2 Å². The van der Waals surface area contributed by atoms with Crippen LogP contribution >= 0.6 is 11.3 Å². The lowest BCUT2D eigenvalue weighted by atomic mass is 10.2. The molecule has 0 spiro atoms. The largest absolute Gasteiger partial charge is 0.351 e. The summed E-state index contributed by atoms with van der Waals surface area (Å²) < 4.78 is 2.00. The number of aryl methyl sites for hydroxylation is 1. The Balaban J connectivity index is 2.00. The fourth-order valence-corrected chi connectivity index (χ4v) is 3.63. The number of amides is 1. The fourth-order valence-electron chi connectivity index (χ4n) is 2.64. The Labute approximate surface area is 141 Å². The van der Waals surface area contributed by atoms with Gasteiger partial charge in [-0.25, -0.2) is 0 Å². The number of carbonyl (C=O) groups excluding carboxylic acids is 1. The van der Waals surface area contributed by atoms with Crippen LogP contribution in [0.25, 0.3) is 4.96 Å². The van der Waals surface area contributed by atoms with E-state index in [1.165, 1.54) is 11.3 Å². The smallest absolute Gasteiger partial charge is 0.263 e. The molecule has 2 heterocycles. The summed E-state index contributed by atoms with van der Waals surface area (Å²) in [4.78, 5) is 16.3. The van der Waals surface area contributed by atoms with Gasteiger partial charge in [-0.05, 0) is 33.0 Å². The monoisotopic (exact) mass is 337 g/mol. The van der Waals surface area contributed by atoms with Crippen molar-refractivity contribution in [2.45, 2.75) is 47.0 Å². The number of nitrogens with one attached hydrogen (secondary N) is 1. The quantitative estimate of drug-likeness (QED) is 0.752. The van der Waals surface area contributed by atoms with Gasteiger partial charge in [0, 0.05) is 18.2 Å². The molecular weight excluding hydrogens is 310 g/mol. The van der Waals surface area contributed by atoms with Gasteiger partial charge in [0.1, 0.15) is 10.7 Å². The topological polar surface area (TPSA) is 62.5 Å². The van der Waals surface area contributed by atoms with E-state index in [1.807, 2.05) is 11.3 Å². The number of hydrogen-bond donors (Lipinski definition) is 1. The maximum absolute atomic E-state index is 12.4. The molecule has 2 rings (SSSR count). The molecule has 6 nitrogen and oxygen atoms in total. The van der Waals surface area contributed by atoms with E-state index in [0.29, 0.717) is 6.54 Å². The highest BCUT2D eigenvalue weighted by molar-refractivity contribution is 7.19. The van der Waals surface area contributed by atoms with E-state index in [0.717, 1.165) is 47.4 Å². The second kappa shape index (κ2) is 7.88. The van der Waals surface area contributed by atoms with Crippen LogP contribution in [0.2, 0.25) is 0 Å². The predicted octanol–water partition coefficient (Wildman–Crippen LogP) is 2.68. The zero-order chi connectivity index (χ0) is 17.0. The third-order valence-electron chi connectivity index (χ3n) is 4.07. The minimum absolute atomic E-state index is 0.00717. The Bertz CT molecular complexity index is 657. The van der Waals surface area contributed by atoms with Crippen molar-refractivity contribution in [1.29, 1.82) is 0 Å². The Morgan fingerprint density at radius 3 is 2.61 bits per heavy atom. The van der Waals surface area contributed by atoms with Crippen molar-refractivity contribution < 1.29 is 4.79 Å². The van der Waals surface area contributed by atoms with Gasteiger partial charge in [0.25, 0.3) is 5.91 Å². The van der Waals surface area contributed by atoms with Gasteiger partial charge >= 0.3 is 0 Å². The van der Waals surface area contributed by atoms with Crippen LogP contribution in [0.4, 0.5) is 0 Å². The second-order valence-corrected chi connectivity index (χ2v) is 6.96. The summed E-state index contributed by atoms with van der Waals surface area (Å²) in [5.74, 6) is 1.19. The van der Waals surface area contributed by atoms with E-state index < -0.39 is 0 Å². The first-order valence-corrected chi connectivity index (χ1v) is 9.16. The molecule has 0 aliphatic carbocycles. The summed E-state index contributed by atoms with van der Waals surface area (Å²) in [5.41, 5.74) is 0.931. The van der Waals surface area contributed by atoms with Gasteiger partial charge in [-0.2, -0.15) is 0 Å². The predicted molar refractivity (Wildman–Crippen MR) is 94.4 cm³/mol. The number of nitrogens with zero attached hydrogens (tertiary/aromatic N) is 4. The van der Waals surface area contributed by atoms with Gasteiger partial charge in [-0.1, -0.05) is 39.0 Å². The van der Waals surface area contributed by atoms with E-state index in [2.05, 4.69) is 48.1 Å². The number of rotatable bonds is 8. The highest BCUT2D eigenvalue weighted by Gasteiger charge is 2.20. The number of carbonyl (C=O) groups is 1. The molecule has 1 amide bonds. The van der Waals surface area contributed by atoms with Gasteiger partial charge in [0.15, 0.2) is 0 Å². The molecule has 23 heavy (non-hydrogen) atoms. The lowest BCUT2D eigenvalue weighted by Crippen LogP contribution is -2.29. The molecule has 0 bridgehead atoms. The molecule has 128 valence electrons. The second-order valence-electron chi connectivity index (χ2n) is 5.98. The van der Waals surface area contributed by atoms with Crippen molar-refractivity contribution in [2.24, 2.45) is 0 Å². The normalized spacial score (nSPS) is 11.8. The molecular formula is C16H27N5OS. The molecule has 2 aromatic heterocycles. The Kier molecular flexibility index (Phi) is 6.12. The van der Waals surface area contributed by atoms with E-state index in [-0.39, 0.29) is 11.8 Å². The van der Waals surface area contributed by atoms with Gasteiger partial charge in [-0.15, -0.1) is 10.2 Å². The molecule has 0 atom stereocenters. The van der Waals surface area contributed by atoms with Gasteiger partial charge in [0.2, 0.25) is 4.96 Å². The fraction of sp³-hybridized carbons (Fsp3) is 0.688. The molecule has 1 N–H and O–H groups in total. The van der Waals surface area contributed by atoms with Crippen molar-refractivity contribution in [3.63, 3.8) is 0 Å². The summed E-state index contributed by atoms with van der Waals surface area (Å²) in [5, 5.41) is 11.4. The van der Waals surface area contributed by atoms with Crippen molar-refractivity contribution in [1.82, 2.24) is 24.8 Å². The van der Waals surface area contributed by atoms with E-state index >= 15 is 0 Å². The summed E-state index contributed by atoms with van der Waals surface area (Å²) in [7, 11) is 0. The molecule has 0 radical (unpaired) electrons. The maximum Gasteiger partial charge on any atom is 0.263 e. The minimum atomic E-state index is -0.00717. The molecule has 0 saturated carbocycles. The van der Waals surface area contributed by atoms with Crippen LogP contribution in [0, 0.1) is 6.92 Å². The molecule has 0 aliphatic heterocycles. The lowest BCUT2D eigenvalue weighted by molar-refractivity contribution is 0.0955. The highest BCUT2D eigenvalue weighted by Crippen LogP contribution is 2.25. The lowest BCUT2D eigenvalue weighted by Gasteiger charge is -2.17. The van der Waals surface area contributed by atoms with Gasteiger partial charge in [0.05, 0.1) is 0 Å². The Morgan fingerprint density at radius 2 is 2.00 bits per heavy atom. The zero-order valence-electron chi connectivity index (χ0n) is 14.7. The first-order chi connectivity index (χ1) is 11.0. The van der Waals surface area contributed by atoms with Crippen LogP contribution in [-0.2, 0) is 0 Å². The molecule has 0 fully saturated rings. The van der Waals surface area contributed by atoms with Crippen LogP contribution in [0.15, 0.2) is 0 Å². The number of aromatic nitrogens is 3. The van der Waals surface area contributed by atoms with E-state index in [1.54, 1.807) is 0 Å². The Morgan fingerprint density at radius 1 is 1.30 bits per heavy atom. The van der Waals surface area contributed by atoms with Crippen molar-refractivity contribution >= 4 is 22.2 Å². The molecule has 7 heteroatoms. The standard InChI is InChI=1S/C16H27N5OS/c1-6-20(7-2)10-8-9-17-15(22)13-12(5)21-14(11(3)4)18-19-16(21)23-13/h11H,6-10H2,1-5H3,(H,17,22). The average Bonchev–Trinajstić information content (AvgIpc) is 3.08. The summed E-state index contributed by atoms with van der Waals surface area (Å²) >= 11 is 1.41. The molecule has 0 aliphatic rings. The van der Waals surface area contributed by atoms with E-state index in [4.69, 9.17) is 0 Å². The van der Waals surface area contributed by atoms with Gasteiger partial charge in [-0.3, -0.25) is 9.20 Å². The van der Waals surface area contributed by atoms with Crippen LogP contribution in [0.3, 0.4) is 0 Å². The highest BCUT2D eigenvalue weighted by atomic mass is 32.1. The van der Waals surface area contributed by atoms with Crippen LogP contribution in [0.5, 0.6) is 0 Å². The Hall–Kier alpha value is -1.47. The van der Waals surface area contributed by atoms with Crippen LogP contribution in [-0.4, -0.2) is 51.6 Å². The van der Waals surface area contributed by atoms with Gasteiger partial charge < -0.3 is 10.2 Å². The summed E-state index contributed by atoms with van der Waals surface area (Å²) in [6.07, 6.45) is 0.966. The van der Waals surface area contributed by atoms with Crippen LogP contribution in [0.1, 0.15) is 61.2 Å². The number of fused-ring (bicyclic) bond motifs is 1. The molecule has 0 saturated heterocycles. The first kappa shape index (κ1) is 17.9. The van der Waals surface area contributed by atoms with E-state index in [9.17, 15) is 4.79 Å². The summed E-state index contributed by atoms with van der Waals surface area (Å²) in [6, 6.07) is 0.